The molecule has 0 fully saturated rings. The monoisotopic (exact) mass is 265 g/mol. The lowest BCUT2D eigenvalue weighted by Crippen LogP contribution is -2.00. The van der Waals surface area contributed by atoms with Crippen molar-refractivity contribution in [1.29, 1.82) is 0 Å². The lowest BCUT2D eigenvalue weighted by Gasteiger charge is -2.05. The second-order valence-electron chi connectivity index (χ2n) is 3.88. The molecule has 0 heterocycles. The van der Waals surface area contributed by atoms with E-state index in [1.54, 1.807) is 18.2 Å². The minimum Gasteiger partial charge on any atom is -0.326 e. The van der Waals surface area contributed by atoms with Crippen LogP contribution < -0.4 is 5.73 Å². The van der Waals surface area contributed by atoms with Crippen LogP contribution in [-0.4, -0.2) is 0 Å². The zero-order chi connectivity index (χ0) is 13.0. The minimum absolute atomic E-state index is 0.185. The molecule has 0 atom stereocenters. The van der Waals surface area contributed by atoms with E-state index in [4.69, 9.17) is 5.73 Å². The van der Waals surface area contributed by atoms with Gasteiger partial charge in [-0.05, 0) is 29.8 Å². The maximum absolute atomic E-state index is 13.2. The zero-order valence-corrected chi connectivity index (χ0v) is 10.5. The average Bonchev–Trinajstić information content (AvgIpc) is 2.38. The van der Waals surface area contributed by atoms with Crippen LogP contribution in [0.1, 0.15) is 11.1 Å². The Kier molecular flexibility index (Phi) is 4.33. The van der Waals surface area contributed by atoms with Crippen LogP contribution in [0.4, 0.5) is 8.78 Å². The first-order valence-electron chi connectivity index (χ1n) is 5.55. The molecule has 0 aliphatic heterocycles. The highest BCUT2D eigenvalue weighted by Crippen LogP contribution is 2.24. The molecule has 1 nitrogen and oxygen atoms in total. The van der Waals surface area contributed by atoms with Crippen LogP contribution in [0, 0.1) is 11.6 Å². The molecule has 0 amide bonds. The lowest BCUT2D eigenvalue weighted by atomic mass is 10.1. The van der Waals surface area contributed by atoms with Gasteiger partial charge in [0.25, 0.3) is 0 Å². The molecule has 2 N–H and O–H groups in total. The molecule has 2 aromatic rings. The number of benzene rings is 2. The molecule has 0 aromatic heterocycles. The first-order chi connectivity index (χ1) is 8.69. The highest BCUT2D eigenvalue weighted by atomic mass is 32.2. The first kappa shape index (κ1) is 13.1. The fourth-order valence-electron chi connectivity index (χ4n) is 1.60. The topological polar surface area (TPSA) is 26.0 Å². The van der Waals surface area contributed by atoms with Gasteiger partial charge in [0.15, 0.2) is 0 Å². The molecule has 4 heteroatoms. The van der Waals surface area contributed by atoms with Crippen LogP contribution in [-0.2, 0) is 12.3 Å². The highest BCUT2D eigenvalue weighted by molar-refractivity contribution is 7.98. The lowest BCUT2D eigenvalue weighted by molar-refractivity contribution is 0.610. The summed E-state index contributed by atoms with van der Waals surface area (Å²) in [7, 11) is 0. The summed E-state index contributed by atoms with van der Waals surface area (Å²) in [6, 6.07) is 11.3. The van der Waals surface area contributed by atoms with Crippen LogP contribution in [0.2, 0.25) is 0 Å². The van der Waals surface area contributed by atoms with Gasteiger partial charge in [-0.25, -0.2) is 8.78 Å². The van der Waals surface area contributed by atoms with Crippen LogP contribution in [0.25, 0.3) is 0 Å². The predicted molar refractivity (Wildman–Crippen MR) is 70.3 cm³/mol. The predicted octanol–water partition coefficient (Wildman–Crippen LogP) is 3.72. The van der Waals surface area contributed by atoms with Crippen molar-refractivity contribution in [3.8, 4) is 0 Å². The van der Waals surface area contributed by atoms with E-state index in [1.807, 2.05) is 6.07 Å². The standard InChI is InChI=1S/C14H13F2NS/c15-12-2-1-3-13(7-12)18-9-10-4-5-14(16)11(6-10)8-17/h1-7H,8-9,17H2. The van der Waals surface area contributed by atoms with Crippen molar-refractivity contribution in [2.75, 3.05) is 0 Å². The smallest absolute Gasteiger partial charge is 0.127 e. The van der Waals surface area contributed by atoms with E-state index in [-0.39, 0.29) is 18.2 Å². The molecular formula is C14H13F2NS. The van der Waals surface area contributed by atoms with Gasteiger partial charge in [0, 0.05) is 22.8 Å². The molecule has 2 aromatic carbocycles. The first-order valence-corrected chi connectivity index (χ1v) is 6.53. The SMILES string of the molecule is NCc1cc(CSc2cccc(F)c2)ccc1F. The molecule has 0 radical (unpaired) electrons. The minimum atomic E-state index is -0.281. The largest absolute Gasteiger partial charge is 0.326 e. The van der Waals surface area contributed by atoms with E-state index in [0.29, 0.717) is 11.3 Å². The molecule has 94 valence electrons. The Labute approximate surface area is 109 Å². The van der Waals surface area contributed by atoms with Gasteiger partial charge >= 0.3 is 0 Å². The van der Waals surface area contributed by atoms with Gasteiger partial charge in [0.1, 0.15) is 11.6 Å². The number of hydrogen-bond acceptors (Lipinski definition) is 2. The van der Waals surface area contributed by atoms with E-state index in [1.165, 1.54) is 30.0 Å². The molecule has 0 spiro atoms. The van der Waals surface area contributed by atoms with Gasteiger partial charge in [-0.3, -0.25) is 0 Å². The Hall–Kier alpha value is -1.39. The summed E-state index contributed by atoms with van der Waals surface area (Å²) < 4.78 is 26.2. The van der Waals surface area contributed by atoms with E-state index in [2.05, 4.69) is 0 Å². The van der Waals surface area contributed by atoms with Gasteiger partial charge in [-0.15, -0.1) is 11.8 Å². The number of nitrogens with two attached hydrogens (primary N) is 1. The maximum atomic E-state index is 13.2. The molecule has 0 saturated carbocycles. The van der Waals surface area contributed by atoms with Crippen LogP contribution in [0.5, 0.6) is 0 Å². The summed E-state index contributed by atoms with van der Waals surface area (Å²) in [6.45, 7) is 0.185. The molecule has 0 saturated heterocycles. The van der Waals surface area contributed by atoms with Crippen molar-refractivity contribution in [1.82, 2.24) is 0 Å². The molecule has 0 aliphatic rings. The van der Waals surface area contributed by atoms with E-state index < -0.39 is 0 Å². The van der Waals surface area contributed by atoms with Gasteiger partial charge in [0.05, 0.1) is 0 Å². The van der Waals surface area contributed by atoms with Crippen molar-refractivity contribution >= 4 is 11.8 Å². The summed E-state index contributed by atoms with van der Waals surface area (Å²) in [5.41, 5.74) is 6.93. The Morgan fingerprint density at radius 1 is 1.06 bits per heavy atom. The Balaban J connectivity index is 2.06. The van der Waals surface area contributed by atoms with Crippen LogP contribution >= 0.6 is 11.8 Å². The highest BCUT2D eigenvalue weighted by Gasteiger charge is 2.03. The molecular weight excluding hydrogens is 252 g/mol. The summed E-state index contributed by atoms with van der Waals surface area (Å²) in [4.78, 5) is 0.855. The van der Waals surface area contributed by atoms with Crippen LogP contribution in [0.15, 0.2) is 47.4 Å². The van der Waals surface area contributed by atoms with Gasteiger partial charge in [0.2, 0.25) is 0 Å². The third kappa shape index (κ3) is 3.31. The van der Waals surface area contributed by atoms with Crippen molar-refractivity contribution in [3.05, 3.63) is 65.2 Å². The van der Waals surface area contributed by atoms with Crippen molar-refractivity contribution in [2.24, 2.45) is 5.73 Å². The number of thioether (sulfide) groups is 1. The third-order valence-corrected chi connectivity index (χ3v) is 3.60. The van der Waals surface area contributed by atoms with E-state index in [0.717, 1.165) is 10.5 Å². The second kappa shape index (κ2) is 5.98. The average molecular weight is 265 g/mol. The van der Waals surface area contributed by atoms with Crippen molar-refractivity contribution < 1.29 is 8.78 Å². The molecule has 18 heavy (non-hydrogen) atoms. The van der Waals surface area contributed by atoms with Gasteiger partial charge in [-0.1, -0.05) is 18.2 Å². The van der Waals surface area contributed by atoms with E-state index >= 15 is 0 Å². The Bertz CT molecular complexity index is 543. The normalized spacial score (nSPS) is 10.6. The zero-order valence-electron chi connectivity index (χ0n) is 9.70. The molecule has 2 rings (SSSR count). The summed E-state index contributed by atoms with van der Waals surface area (Å²) in [6.07, 6.45) is 0. The number of hydrogen-bond donors (Lipinski definition) is 1. The summed E-state index contributed by atoms with van der Waals surface area (Å²) in [5, 5.41) is 0. The summed E-state index contributed by atoms with van der Waals surface area (Å²) >= 11 is 1.51. The Morgan fingerprint density at radius 2 is 1.89 bits per heavy atom. The maximum Gasteiger partial charge on any atom is 0.127 e. The van der Waals surface area contributed by atoms with Gasteiger partial charge in [-0.2, -0.15) is 0 Å². The Morgan fingerprint density at radius 3 is 2.61 bits per heavy atom. The molecule has 0 bridgehead atoms. The fraction of sp³-hybridized carbons (Fsp3) is 0.143. The molecule has 0 unspecified atom stereocenters. The van der Waals surface area contributed by atoms with Crippen molar-refractivity contribution in [3.63, 3.8) is 0 Å². The number of halogens is 2. The summed E-state index contributed by atoms with van der Waals surface area (Å²) in [5.74, 6) is 0.134. The molecule has 0 aliphatic carbocycles. The number of rotatable bonds is 4. The quantitative estimate of drug-likeness (QED) is 0.853. The van der Waals surface area contributed by atoms with E-state index in [9.17, 15) is 8.78 Å². The third-order valence-electron chi connectivity index (χ3n) is 2.53. The van der Waals surface area contributed by atoms with Crippen molar-refractivity contribution in [2.45, 2.75) is 17.2 Å². The second-order valence-corrected chi connectivity index (χ2v) is 4.92. The van der Waals surface area contributed by atoms with Gasteiger partial charge < -0.3 is 5.73 Å². The fourth-order valence-corrected chi connectivity index (χ4v) is 2.48. The van der Waals surface area contributed by atoms with Crippen LogP contribution in [0.3, 0.4) is 0 Å².